The lowest BCUT2D eigenvalue weighted by Crippen LogP contribution is -2.00. The Kier molecular flexibility index (Phi) is 4.37. The zero-order chi connectivity index (χ0) is 17.1. The SMILES string of the molecule is CCc1cccc(C)c1N=Nc1c(CC(=O)O)nc2ccccn12. The second-order valence-electron chi connectivity index (χ2n) is 5.52. The number of carboxylic acid groups (broad SMARTS) is 1. The van der Waals surface area contributed by atoms with Crippen molar-refractivity contribution in [2.24, 2.45) is 10.2 Å². The minimum Gasteiger partial charge on any atom is -0.481 e. The molecule has 0 unspecified atom stereocenters. The Morgan fingerprint density at radius 3 is 2.79 bits per heavy atom. The van der Waals surface area contributed by atoms with Gasteiger partial charge in [-0.2, -0.15) is 0 Å². The van der Waals surface area contributed by atoms with Crippen molar-refractivity contribution < 1.29 is 9.90 Å². The maximum atomic E-state index is 11.1. The predicted molar refractivity (Wildman–Crippen MR) is 91.3 cm³/mol. The smallest absolute Gasteiger partial charge is 0.309 e. The lowest BCUT2D eigenvalue weighted by Gasteiger charge is -2.05. The average molecular weight is 322 g/mol. The van der Waals surface area contributed by atoms with Gasteiger partial charge in [0.25, 0.3) is 0 Å². The number of imidazole rings is 1. The maximum Gasteiger partial charge on any atom is 0.309 e. The van der Waals surface area contributed by atoms with Gasteiger partial charge in [0, 0.05) is 6.20 Å². The number of nitrogens with zero attached hydrogens (tertiary/aromatic N) is 4. The Hall–Kier alpha value is -3.02. The molecule has 24 heavy (non-hydrogen) atoms. The number of aryl methyl sites for hydroxylation is 2. The van der Waals surface area contributed by atoms with Crippen LogP contribution in [0.1, 0.15) is 23.7 Å². The van der Waals surface area contributed by atoms with Crippen LogP contribution in [0.2, 0.25) is 0 Å². The highest BCUT2D eigenvalue weighted by Gasteiger charge is 2.15. The van der Waals surface area contributed by atoms with E-state index >= 15 is 0 Å². The summed E-state index contributed by atoms with van der Waals surface area (Å²) in [5.74, 6) is -0.488. The molecule has 0 aliphatic rings. The second kappa shape index (κ2) is 6.62. The molecule has 1 aromatic carbocycles. The highest BCUT2D eigenvalue weighted by atomic mass is 16.4. The number of aliphatic carboxylic acids is 1. The molecule has 2 aromatic heterocycles. The van der Waals surface area contributed by atoms with Crippen molar-refractivity contribution in [2.75, 3.05) is 0 Å². The predicted octanol–water partition coefficient (Wildman–Crippen LogP) is 4.25. The van der Waals surface area contributed by atoms with Gasteiger partial charge in [-0.05, 0) is 36.6 Å². The summed E-state index contributed by atoms with van der Waals surface area (Å²) in [4.78, 5) is 15.5. The Labute approximate surface area is 139 Å². The van der Waals surface area contributed by atoms with Gasteiger partial charge in [0.05, 0.1) is 17.8 Å². The molecule has 0 atom stereocenters. The number of carboxylic acids is 1. The molecule has 0 aliphatic carbocycles. The van der Waals surface area contributed by atoms with E-state index in [2.05, 4.69) is 22.1 Å². The first-order chi connectivity index (χ1) is 11.6. The molecule has 3 aromatic rings. The summed E-state index contributed by atoms with van der Waals surface area (Å²) < 4.78 is 1.76. The van der Waals surface area contributed by atoms with E-state index in [4.69, 9.17) is 5.11 Å². The first-order valence-corrected chi connectivity index (χ1v) is 7.78. The fourth-order valence-corrected chi connectivity index (χ4v) is 2.64. The monoisotopic (exact) mass is 322 g/mol. The molecule has 0 saturated heterocycles. The third-order valence-corrected chi connectivity index (χ3v) is 3.84. The standard InChI is InChI=1S/C18H18N4O2/c1-3-13-8-6-7-12(2)17(13)20-21-18-14(11-16(23)24)19-15-9-4-5-10-22(15)18/h4-10H,3,11H2,1-2H3,(H,23,24). The number of fused-ring (bicyclic) bond motifs is 1. The summed E-state index contributed by atoms with van der Waals surface area (Å²) in [6.45, 7) is 4.05. The minimum atomic E-state index is -0.944. The van der Waals surface area contributed by atoms with E-state index in [0.717, 1.165) is 23.2 Å². The van der Waals surface area contributed by atoms with Crippen LogP contribution >= 0.6 is 0 Å². The number of hydrogen-bond acceptors (Lipinski definition) is 4. The molecule has 122 valence electrons. The van der Waals surface area contributed by atoms with Crippen molar-refractivity contribution in [3.8, 4) is 0 Å². The maximum absolute atomic E-state index is 11.1. The van der Waals surface area contributed by atoms with E-state index in [1.807, 2.05) is 43.3 Å². The summed E-state index contributed by atoms with van der Waals surface area (Å²) in [5.41, 5.74) is 4.03. The topological polar surface area (TPSA) is 79.3 Å². The van der Waals surface area contributed by atoms with Gasteiger partial charge >= 0.3 is 5.97 Å². The van der Waals surface area contributed by atoms with Gasteiger partial charge in [0.2, 0.25) is 0 Å². The zero-order valence-electron chi connectivity index (χ0n) is 13.6. The fourth-order valence-electron chi connectivity index (χ4n) is 2.64. The second-order valence-corrected chi connectivity index (χ2v) is 5.52. The number of rotatable bonds is 5. The number of hydrogen-bond donors (Lipinski definition) is 1. The van der Waals surface area contributed by atoms with E-state index in [9.17, 15) is 4.79 Å². The molecule has 1 N–H and O–H groups in total. The van der Waals surface area contributed by atoms with E-state index < -0.39 is 5.97 Å². The van der Waals surface area contributed by atoms with Gasteiger partial charge in [-0.3, -0.25) is 9.20 Å². The first-order valence-electron chi connectivity index (χ1n) is 7.78. The van der Waals surface area contributed by atoms with Gasteiger partial charge in [-0.15, -0.1) is 10.2 Å². The summed E-state index contributed by atoms with van der Waals surface area (Å²) in [7, 11) is 0. The Morgan fingerprint density at radius 1 is 1.21 bits per heavy atom. The summed E-state index contributed by atoms with van der Waals surface area (Å²) in [6, 6.07) is 11.5. The van der Waals surface area contributed by atoms with Crippen LogP contribution in [0.15, 0.2) is 52.8 Å². The number of carbonyl (C=O) groups is 1. The fraction of sp³-hybridized carbons (Fsp3) is 0.222. The molecule has 0 aliphatic heterocycles. The van der Waals surface area contributed by atoms with E-state index in [1.165, 1.54) is 0 Å². The Bertz CT molecular complexity index is 928. The van der Waals surface area contributed by atoms with Crippen LogP contribution in [-0.4, -0.2) is 20.5 Å². The molecule has 0 bridgehead atoms. The van der Waals surface area contributed by atoms with Crippen molar-refractivity contribution >= 4 is 23.1 Å². The number of aromatic nitrogens is 2. The number of pyridine rings is 1. The highest BCUT2D eigenvalue weighted by molar-refractivity contribution is 5.72. The van der Waals surface area contributed by atoms with Crippen LogP contribution in [-0.2, 0) is 17.6 Å². The van der Waals surface area contributed by atoms with Crippen LogP contribution in [0.3, 0.4) is 0 Å². The largest absolute Gasteiger partial charge is 0.481 e. The van der Waals surface area contributed by atoms with E-state index in [1.54, 1.807) is 10.6 Å². The van der Waals surface area contributed by atoms with Gasteiger partial charge < -0.3 is 5.11 Å². The van der Waals surface area contributed by atoms with Crippen molar-refractivity contribution in [1.29, 1.82) is 0 Å². The molecule has 0 spiro atoms. The molecular weight excluding hydrogens is 304 g/mol. The van der Waals surface area contributed by atoms with Gasteiger partial charge in [-0.1, -0.05) is 31.2 Å². The Balaban J connectivity index is 2.11. The molecule has 6 heteroatoms. The Morgan fingerprint density at radius 2 is 2.04 bits per heavy atom. The molecule has 6 nitrogen and oxygen atoms in total. The van der Waals surface area contributed by atoms with E-state index in [0.29, 0.717) is 17.2 Å². The molecule has 0 amide bonds. The lowest BCUT2D eigenvalue weighted by atomic mass is 10.1. The molecule has 2 heterocycles. The third-order valence-electron chi connectivity index (χ3n) is 3.84. The van der Waals surface area contributed by atoms with Crippen molar-refractivity contribution in [3.05, 3.63) is 59.4 Å². The van der Waals surface area contributed by atoms with Crippen LogP contribution in [0.5, 0.6) is 0 Å². The molecule has 3 rings (SSSR count). The van der Waals surface area contributed by atoms with Crippen LogP contribution < -0.4 is 0 Å². The van der Waals surface area contributed by atoms with Gasteiger partial charge in [0.15, 0.2) is 5.82 Å². The molecule has 0 fully saturated rings. The molecular formula is C18H18N4O2. The van der Waals surface area contributed by atoms with Crippen molar-refractivity contribution in [1.82, 2.24) is 9.38 Å². The number of azo groups is 1. The third kappa shape index (κ3) is 3.03. The van der Waals surface area contributed by atoms with E-state index in [-0.39, 0.29) is 6.42 Å². The molecule has 0 saturated carbocycles. The van der Waals surface area contributed by atoms with Crippen LogP contribution in [0, 0.1) is 6.92 Å². The van der Waals surface area contributed by atoms with Crippen LogP contribution in [0.25, 0.3) is 5.65 Å². The zero-order valence-corrected chi connectivity index (χ0v) is 13.6. The van der Waals surface area contributed by atoms with Crippen molar-refractivity contribution in [3.63, 3.8) is 0 Å². The van der Waals surface area contributed by atoms with Crippen LogP contribution in [0.4, 0.5) is 11.5 Å². The first kappa shape index (κ1) is 15.9. The summed E-state index contributed by atoms with van der Waals surface area (Å²) >= 11 is 0. The quantitative estimate of drug-likeness (QED) is 0.713. The minimum absolute atomic E-state index is 0.190. The summed E-state index contributed by atoms with van der Waals surface area (Å²) in [6.07, 6.45) is 2.47. The lowest BCUT2D eigenvalue weighted by molar-refractivity contribution is -0.136. The van der Waals surface area contributed by atoms with Gasteiger partial charge in [-0.25, -0.2) is 4.98 Å². The summed E-state index contributed by atoms with van der Waals surface area (Å²) in [5, 5.41) is 17.9. The average Bonchev–Trinajstić information content (AvgIpc) is 2.90. The normalized spacial score (nSPS) is 11.4. The molecule has 0 radical (unpaired) electrons. The number of benzene rings is 1. The highest BCUT2D eigenvalue weighted by Crippen LogP contribution is 2.29. The van der Waals surface area contributed by atoms with Gasteiger partial charge in [0.1, 0.15) is 5.65 Å². The van der Waals surface area contributed by atoms with Crippen molar-refractivity contribution in [2.45, 2.75) is 26.7 Å².